The van der Waals surface area contributed by atoms with Gasteiger partial charge in [-0.15, -0.1) is 0 Å². The molecule has 5 nitrogen and oxygen atoms in total. The van der Waals surface area contributed by atoms with E-state index >= 15 is 0 Å². The van der Waals surface area contributed by atoms with Crippen molar-refractivity contribution < 1.29 is 0 Å². The van der Waals surface area contributed by atoms with Gasteiger partial charge in [-0.3, -0.25) is 0 Å². The number of halogens is 1. The molecule has 13 heavy (non-hydrogen) atoms. The van der Waals surface area contributed by atoms with E-state index in [1.54, 1.807) is 6.07 Å². The Bertz CT molecular complexity index is 402. The quantitative estimate of drug-likeness (QED) is 0.372. The molecule has 3 N–H and O–H groups in total. The maximum absolute atomic E-state index is 8.65. The second-order valence-corrected chi connectivity index (χ2v) is 3.03. The molecule has 2 heterocycles. The van der Waals surface area contributed by atoms with Crippen LogP contribution in [0.15, 0.2) is 11.1 Å². The summed E-state index contributed by atoms with van der Waals surface area (Å²) in [4.78, 5) is 8.05. The third-order valence-electron chi connectivity index (χ3n) is 1.77. The summed E-state index contributed by atoms with van der Waals surface area (Å²) >= 11 is 5.96. The normalized spacial score (nSPS) is 19.7. The second-order valence-electron chi connectivity index (χ2n) is 2.62. The van der Waals surface area contributed by atoms with E-state index in [2.05, 4.69) is 9.98 Å². The number of nitriles is 1. The average molecular weight is 196 g/mol. The number of H-pyrrole nitrogens is 1. The van der Waals surface area contributed by atoms with Crippen molar-refractivity contribution in [3.63, 3.8) is 0 Å². The Morgan fingerprint density at radius 3 is 3.23 bits per heavy atom. The summed E-state index contributed by atoms with van der Waals surface area (Å²) in [7, 11) is 0. The summed E-state index contributed by atoms with van der Waals surface area (Å²) in [6.07, 6.45) is 3.27. The summed E-state index contributed by atoms with van der Waals surface area (Å²) in [6.45, 7) is 0. The van der Waals surface area contributed by atoms with Gasteiger partial charge in [-0.2, -0.15) is 5.26 Å². The zero-order valence-corrected chi connectivity index (χ0v) is 7.28. The zero-order valence-electron chi connectivity index (χ0n) is 6.53. The topological polar surface area (TPSA) is 81.2 Å². The molecular formula is C7H6ClN5. The number of anilines is 1. The van der Waals surface area contributed by atoms with Gasteiger partial charge in [-0.05, 0) is 6.07 Å². The lowest BCUT2D eigenvalue weighted by atomic mass is 10.2. The van der Waals surface area contributed by atoms with E-state index in [9.17, 15) is 0 Å². The molecular weight excluding hydrogens is 190 g/mol. The van der Waals surface area contributed by atoms with Gasteiger partial charge in [0.15, 0.2) is 6.19 Å². The van der Waals surface area contributed by atoms with Crippen LogP contribution in [-0.2, 0) is 0 Å². The van der Waals surface area contributed by atoms with E-state index in [1.165, 1.54) is 11.2 Å². The summed E-state index contributed by atoms with van der Waals surface area (Å²) in [5.74, 6) is 1.11. The number of nitrogens with two attached hydrogens (primary N) is 1. The first-order valence-corrected chi connectivity index (χ1v) is 4.00. The Balaban J connectivity index is 2.48. The molecule has 1 aromatic rings. The second kappa shape index (κ2) is 2.68. The van der Waals surface area contributed by atoms with Gasteiger partial charge in [-0.1, -0.05) is 11.6 Å². The number of alkyl halides is 1. The Kier molecular flexibility index (Phi) is 1.64. The molecule has 0 amide bonds. The molecule has 0 bridgehead atoms. The van der Waals surface area contributed by atoms with Gasteiger partial charge < -0.3 is 10.7 Å². The first-order chi connectivity index (χ1) is 6.22. The van der Waals surface area contributed by atoms with Crippen LogP contribution in [0.2, 0.25) is 0 Å². The van der Waals surface area contributed by atoms with Crippen LogP contribution in [0.4, 0.5) is 11.6 Å². The van der Waals surface area contributed by atoms with Crippen LogP contribution in [0.25, 0.3) is 0 Å². The number of aromatic nitrogens is 1. The van der Waals surface area contributed by atoms with Gasteiger partial charge in [-0.25, -0.2) is 9.89 Å². The predicted molar refractivity (Wildman–Crippen MR) is 49.4 cm³/mol. The van der Waals surface area contributed by atoms with Crippen molar-refractivity contribution in [2.75, 3.05) is 5.73 Å². The number of hydrogen-bond donors (Lipinski definition) is 2. The average Bonchev–Trinajstić information content (AvgIpc) is 2.47. The van der Waals surface area contributed by atoms with E-state index < -0.39 is 5.50 Å². The molecule has 66 valence electrons. The van der Waals surface area contributed by atoms with E-state index in [0.29, 0.717) is 11.6 Å². The number of nitrogen functional groups attached to an aromatic ring is 1. The lowest BCUT2D eigenvalue weighted by Crippen LogP contribution is -2.20. The number of aliphatic imine (C=N–C) groups is 1. The Morgan fingerprint density at radius 2 is 2.54 bits per heavy atom. The van der Waals surface area contributed by atoms with Crippen molar-refractivity contribution in [2.45, 2.75) is 5.50 Å². The minimum absolute atomic E-state index is 0.493. The lowest BCUT2D eigenvalue weighted by Gasteiger charge is -2.19. The van der Waals surface area contributed by atoms with Crippen LogP contribution in [0, 0.1) is 11.5 Å². The largest absolute Gasteiger partial charge is 0.385 e. The van der Waals surface area contributed by atoms with Crippen molar-refractivity contribution in [1.29, 1.82) is 5.26 Å². The monoisotopic (exact) mass is 195 g/mol. The van der Waals surface area contributed by atoms with Crippen LogP contribution in [0.3, 0.4) is 0 Å². The van der Waals surface area contributed by atoms with Crippen molar-refractivity contribution in [1.82, 2.24) is 9.88 Å². The summed E-state index contributed by atoms with van der Waals surface area (Å²) in [5, 5.41) is 8.65. The highest BCUT2D eigenvalue weighted by molar-refractivity contribution is 6.22. The molecule has 0 aliphatic carbocycles. The van der Waals surface area contributed by atoms with Crippen LogP contribution in [-0.4, -0.2) is 16.2 Å². The highest BCUT2D eigenvalue weighted by Crippen LogP contribution is 2.35. The number of nitrogens with zero attached hydrogens (tertiary/aromatic N) is 3. The smallest absolute Gasteiger partial charge is 0.186 e. The Labute approximate surface area is 79.4 Å². The molecule has 2 rings (SSSR count). The van der Waals surface area contributed by atoms with Gasteiger partial charge in [0, 0.05) is 5.56 Å². The van der Waals surface area contributed by atoms with Crippen molar-refractivity contribution in [2.24, 2.45) is 4.99 Å². The minimum Gasteiger partial charge on any atom is -0.385 e. The number of aromatic amines is 1. The summed E-state index contributed by atoms with van der Waals surface area (Å²) in [6, 6.07) is 1.67. The van der Waals surface area contributed by atoms with Crippen molar-refractivity contribution in [3.05, 3.63) is 11.6 Å². The van der Waals surface area contributed by atoms with Crippen LogP contribution < -0.4 is 5.73 Å². The molecule has 0 saturated carbocycles. The van der Waals surface area contributed by atoms with E-state index in [4.69, 9.17) is 22.6 Å². The summed E-state index contributed by atoms with van der Waals surface area (Å²) in [5.41, 5.74) is 5.72. The molecule has 1 unspecified atom stereocenters. The number of nitrogens with one attached hydrogen (secondary N) is 1. The Morgan fingerprint density at radius 1 is 1.77 bits per heavy atom. The van der Waals surface area contributed by atoms with Crippen LogP contribution in [0.5, 0.6) is 0 Å². The zero-order chi connectivity index (χ0) is 9.42. The van der Waals surface area contributed by atoms with E-state index in [1.807, 2.05) is 6.19 Å². The molecule has 0 radical (unpaired) electrons. The predicted octanol–water partition coefficient (Wildman–Crippen LogP) is 1.29. The summed E-state index contributed by atoms with van der Waals surface area (Å²) < 4.78 is 0. The maximum Gasteiger partial charge on any atom is 0.186 e. The molecule has 1 aliphatic heterocycles. The van der Waals surface area contributed by atoms with Crippen LogP contribution >= 0.6 is 11.6 Å². The standard InChI is InChI=1S/C7H6ClN5/c8-6-4-1-5(10)12-7(4)11-3-13(6)2-9/h1,3,6,12H,10H2. The Hall–Kier alpha value is -1.67. The van der Waals surface area contributed by atoms with Crippen molar-refractivity contribution in [3.8, 4) is 6.19 Å². The van der Waals surface area contributed by atoms with E-state index in [-0.39, 0.29) is 0 Å². The molecule has 6 heteroatoms. The van der Waals surface area contributed by atoms with Crippen molar-refractivity contribution >= 4 is 29.6 Å². The fourth-order valence-electron chi connectivity index (χ4n) is 1.17. The van der Waals surface area contributed by atoms with Crippen LogP contribution in [0.1, 0.15) is 11.1 Å². The molecule has 0 spiro atoms. The molecule has 0 fully saturated rings. The number of hydrogen-bond acceptors (Lipinski definition) is 4. The van der Waals surface area contributed by atoms with Gasteiger partial charge in [0.1, 0.15) is 23.5 Å². The van der Waals surface area contributed by atoms with Gasteiger partial charge in [0.05, 0.1) is 0 Å². The molecule has 1 aliphatic rings. The number of rotatable bonds is 0. The SMILES string of the molecule is N#CN1C=Nc2[nH]c(N)cc2C1Cl. The third-order valence-corrected chi connectivity index (χ3v) is 2.22. The number of fused-ring (bicyclic) bond motifs is 1. The minimum atomic E-state index is -0.522. The highest BCUT2D eigenvalue weighted by atomic mass is 35.5. The van der Waals surface area contributed by atoms with Gasteiger partial charge in [0.2, 0.25) is 0 Å². The fraction of sp³-hybridized carbons (Fsp3) is 0.143. The highest BCUT2D eigenvalue weighted by Gasteiger charge is 2.24. The molecule has 0 aromatic carbocycles. The molecule has 0 saturated heterocycles. The fourth-order valence-corrected chi connectivity index (χ4v) is 1.43. The first-order valence-electron chi connectivity index (χ1n) is 3.57. The lowest BCUT2D eigenvalue weighted by molar-refractivity contribution is 0.555. The van der Waals surface area contributed by atoms with E-state index in [0.717, 1.165) is 5.56 Å². The molecule has 1 atom stereocenters. The van der Waals surface area contributed by atoms with Gasteiger partial charge in [0.25, 0.3) is 0 Å². The maximum atomic E-state index is 8.65. The first kappa shape index (κ1) is 7.95. The third kappa shape index (κ3) is 1.12. The van der Waals surface area contributed by atoms with Gasteiger partial charge >= 0.3 is 0 Å². The molecule has 1 aromatic heterocycles.